The van der Waals surface area contributed by atoms with Gasteiger partial charge in [0.1, 0.15) is 0 Å². The number of anilines is 1. The van der Waals surface area contributed by atoms with E-state index in [1.165, 1.54) is 0 Å². The summed E-state index contributed by atoms with van der Waals surface area (Å²) in [5.74, 6) is 0.793. The maximum atomic E-state index is 12.5. The van der Waals surface area contributed by atoms with Gasteiger partial charge < -0.3 is 0 Å². The molecule has 0 unspecified atom stereocenters. The third-order valence-corrected chi connectivity index (χ3v) is 5.67. The molecule has 3 rings (SSSR count). The van der Waals surface area contributed by atoms with E-state index in [2.05, 4.69) is 5.32 Å². The van der Waals surface area contributed by atoms with Crippen LogP contribution in [-0.4, -0.2) is 32.5 Å². The van der Waals surface area contributed by atoms with Gasteiger partial charge in [0.15, 0.2) is 0 Å². The number of rotatable bonds is 3. The van der Waals surface area contributed by atoms with Crippen molar-refractivity contribution in [3.05, 3.63) is 52.8 Å². The number of methoxy groups -OCH3 is 1. The Hall–Kier alpha value is -1.97. The van der Waals surface area contributed by atoms with Gasteiger partial charge in [-0.3, -0.25) is 0 Å². The Bertz CT molecular complexity index is 803. The van der Waals surface area contributed by atoms with Gasteiger partial charge in [-0.2, -0.15) is 0 Å². The monoisotopic (exact) mass is 334 g/mol. The summed E-state index contributed by atoms with van der Waals surface area (Å²) in [7, 11) is 3.52. The molecule has 0 spiro atoms. The van der Waals surface area contributed by atoms with E-state index in [4.69, 9.17) is 4.74 Å². The van der Waals surface area contributed by atoms with Crippen LogP contribution in [0, 0.1) is 0 Å². The van der Waals surface area contributed by atoms with Crippen molar-refractivity contribution in [2.45, 2.75) is 0 Å². The van der Waals surface area contributed by atoms with E-state index in [0.717, 1.165) is 26.8 Å². The van der Waals surface area contributed by atoms with Crippen LogP contribution in [0.15, 0.2) is 47.3 Å². The molecule has 0 aliphatic carbocycles. The van der Waals surface area contributed by atoms with Gasteiger partial charge in [0.25, 0.3) is 0 Å². The number of hydrogen-bond donors (Lipinski definition) is 1. The van der Waals surface area contributed by atoms with Gasteiger partial charge in [-0.05, 0) is 0 Å². The molecule has 4 nitrogen and oxygen atoms in total. The van der Waals surface area contributed by atoms with E-state index in [1.54, 1.807) is 7.11 Å². The molecule has 0 fully saturated rings. The van der Waals surface area contributed by atoms with E-state index in [0.29, 0.717) is 0 Å². The second-order valence-corrected chi connectivity index (χ2v) is 6.33. The molecule has 2 aromatic carbocycles. The Kier molecular flexibility index (Phi) is 3.38. The zero-order valence-corrected chi connectivity index (χ0v) is 12.9. The zero-order chi connectivity index (χ0) is 14.1. The van der Waals surface area contributed by atoms with Crippen molar-refractivity contribution in [2.75, 3.05) is 19.5 Å². The molecule has 20 heavy (non-hydrogen) atoms. The number of benzene rings is 2. The quantitative estimate of drug-likeness (QED) is 0.747. The van der Waals surface area contributed by atoms with Gasteiger partial charge in [-0.25, -0.2) is 0 Å². The van der Waals surface area contributed by atoms with Crippen LogP contribution in [0.3, 0.4) is 0 Å². The summed E-state index contributed by atoms with van der Waals surface area (Å²) < 4.78 is 8.11. The van der Waals surface area contributed by atoms with E-state index in [1.807, 2.05) is 53.1 Å². The first-order chi connectivity index (χ1) is 9.74. The molecule has 1 N–H and O–H groups in total. The molecule has 1 aromatic heterocycles. The number of nitrogens with one attached hydrogen (secondary N) is 1. The molecule has 0 saturated heterocycles. The summed E-state index contributed by atoms with van der Waals surface area (Å²) in [6.07, 6.45) is 0. The van der Waals surface area contributed by atoms with Crippen molar-refractivity contribution in [2.24, 2.45) is 0 Å². The average Bonchev–Trinajstić information content (AvgIpc) is 2.85. The predicted molar refractivity (Wildman–Crippen MR) is 82.6 cm³/mol. The Morgan fingerprint density at radius 3 is 2.55 bits per heavy atom. The summed E-state index contributed by atoms with van der Waals surface area (Å²) >= 11 is -0.0411. The summed E-state index contributed by atoms with van der Waals surface area (Å²) in [6, 6.07) is 13.4. The van der Waals surface area contributed by atoms with Gasteiger partial charge in [0.2, 0.25) is 0 Å². The number of ether oxygens (including phenoxy) is 1. The van der Waals surface area contributed by atoms with Crippen LogP contribution in [0.2, 0.25) is 0 Å². The van der Waals surface area contributed by atoms with E-state index < -0.39 is 0 Å². The number of aromatic nitrogens is 1. The summed E-state index contributed by atoms with van der Waals surface area (Å²) in [5.41, 5.74) is 2.02. The summed E-state index contributed by atoms with van der Waals surface area (Å²) in [5, 5.41) is 3.95. The Balaban J connectivity index is 2.21. The van der Waals surface area contributed by atoms with Crippen LogP contribution in [0.25, 0.3) is 15.3 Å². The van der Waals surface area contributed by atoms with Crippen molar-refractivity contribution in [1.29, 1.82) is 0 Å². The van der Waals surface area contributed by atoms with E-state index in [9.17, 15) is 4.79 Å². The van der Waals surface area contributed by atoms with Crippen molar-refractivity contribution < 1.29 is 4.74 Å². The average molecular weight is 333 g/mol. The first-order valence-electron chi connectivity index (χ1n) is 6.22. The molecule has 0 saturated carbocycles. The van der Waals surface area contributed by atoms with Gasteiger partial charge in [0, 0.05) is 0 Å². The third kappa shape index (κ3) is 2.05. The van der Waals surface area contributed by atoms with Crippen LogP contribution in [0.4, 0.5) is 5.69 Å². The van der Waals surface area contributed by atoms with E-state index >= 15 is 0 Å². The van der Waals surface area contributed by atoms with Crippen LogP contribution in [-0.2, 0) is 0 Å². The first kappa shape index (κ1) is 13.0. The fourth-order valence-electron chi connectivity index (χ4n) is 2.13. The zero-order valence-electron chi connectivity index (χ0n) is 11.2. The summed E-state index contributed by atoms with van der Waals surface area (Å²) in [4.78, 5) is 12.5. The minimum atomic E-state index is -0.0411. The van der Waals surface area contributed by atoms with Crippen LogP contribution < -0.4 is 15.6 Å². The molecule has 0 aliphatic rings. The molecule has 1 heterocycles. The van der Waals surface area contributed by atoms with E-state index in [-0.39, 0.29) is 20.3 Å². The fourth-order valence-corrected chi connectivity index (χ4v) is 4.47. The number of nitrogens with zero attached hydrogens (tertiary/aromatic N) is 1. The van der Waals surface area contributed by atoms with Gasteiger partial charge >= 0.3 is 122 Å². The third-order valence-electron chi connectivity index (χ3n) is 3.19. The number of hydrogen-bond acceptors (Lipinski definition) is 3. The molecule has 102 valence electrons. The normalized spacial score (nSPS) is 10.7. The Labute approximate surface area is 122 Å². The van der Waals surface area contributed by atoms with Crippen molar-refractivity contribution in [3.8, 4) is 11.4 Å². The predicted octanol–water partition coefficient (Wildman–Crippen LogP) is 2.10. The second kappa shape index (κ2) is 5.19. The topological polar surface area (TPSA) is 43.3 Å². The summed E-state index contributed by atoms with van der Waals surface area (Å²) in [6.45, 7) is 0. The minimum absolute atomic E-state index is 0.0411. The molecule has 0 radical (unpaired) electrons. The second-order valence-electron chi connectivity index (χ2n) is 4.32. The standard InChI is InChI=1S/C15H14N2O2Se/c1-16-13-5-3-4-12-14(13)20-17(15(12)18)10-6-8-11(19-2)9-7-10/h3-9,16H,1-2H3. The molecule has 0 aliphatic heterocycles. The molecule has 3 aromatic rings. The van der Waals surface area contributed by atoms with Crippen molar-refractivity contribution in [1.82, 2.24) is 3.56 Å². The number of fused-ring (bicyclic) bond motifs is 1. The molecular weight excluding hydrogens is 319 g/mol. The Morgan fingerprint density at radius 1 is 1.15 bits per heavy atom. The van der Waals surface area contributed by atoms with Gasteiger partial charge in [-0.1, -0.05) is 0 Å². The SMILES string of the molecule is CNc1cccc2c(=O)n(-c3ccc(OC)cc3)[se]c12. The van der Waals surface area contributed by atoms with Gasteiger partial charge in [0.05, 0.1) is 0 Å². The maximum absolute atomic E-state index is 12.5. The Morgan fingerprint density at radius 2 is 1.90 bits per heavy atom. The van der Waals surface area contributed by atoms with Crippen molar-refractivity contribution >= 4 is 30.1 Å². The van der Waals surface area contributed by atoms with Crippen LogP contribution in [0.1, 0.15) is 0 Å². The van der Waals surface area contributed by atoms with Crippen LogP contribution in [0.5, 0.6) is 5.75 Å². The molecule has 0 amide bonds. The molecule has 0 atom stereocenters. The molecule has 0 bridgehead atoms. The molecular formula is C15H14N2O2Se. The van der Waals surface area contributed by atoms with Gasteiger partial charge in [-0.15, -0.1) is 0 Å². The first-order valence-corrected chi connectivity index (χ1v) is 7.84. The molecule has 5 heteroatoms. The van der Waals surface area contributed by atoms with Crippen molar-refractivity contribution in [3.63, 3.8) is 0 Å². The fraction of sp³-hybridized carbons (Fsp3) is 0.133. The van der Waals surface area contributed by atoms with Crippen LogP contribution >= 0.6 is 0 Å².